The van der Waals surface area contributed by atoms with E-state index in [4.69, 9.17) is 0 Å². The van der Waals surface area contributed by atoms with E-state index in [9.17, 15) is 22.8 Å². The third-order valence-corrected chi connectivity index (χ3v) is 7.81. The van der Waals surface area contributed by atoms with Gasteiger partial charge in [0, 0.05) is 12.6 Å². The van der Waals surface area contributed by atoms with Crippen LogP contribution in [0.15, 0.2) is 42.5 Å². The smallest absolute Gasteiger partial charge is 0.243 e. The average molecular weight is 416 g/mol. The minimum atomic E-state index is -3.18. The topological polar surface area (TPSA) is 91.8 Å². The standard InChI is InChI=1S/C21H24N2O5S/c24-19(13-23-20(25)17-8-4-5-9-18(17)21(23)26)22(12-15-6-2-1-3-7-15)16-10-11-29(27,28)14-16/h1-7,16-18H,8-14H2/t16-,17-,18+/m0/s1. The van der Waals surface area contributed by atoms with E-state index < -0.39 is 15.9 Å². The second-order valence-corrected chi connectivity index (χ2v) is 10.2. The van der Waals surface area contributed by atoms with Crippen molar-refractivity contribution in [3.63, 3.8) is 0 Å². The Balaban J connectivity index is 1.53. The molecule has 2 fully saturated rings. The molecule has 2 saturated heterocycles. The van der Waals surface area contributed by atoms with Crippen LogP contribution in [0.3, 0.4) is 0 Å². The zero-order valence-corrected chi connectivity index (χ0v) is 16.9. The molecule has 0 aromatic heterocycles. The molecule has 3 aliphatic rings. The summed E-state index contributed by atoms with van der Waals surface area (Å²) in [6.45, 7) is -0.0709. The number of sulfone groups is 1. The summed E-state index contributed by atoms with van der Waals surface area (Å²) >= 11 is 0. The summed E-state index contributed by atoms with van der Waals surface area (Å²) in [5.41, 5.74) is 0.877. The minimum absolute atomic E-state index is 0.0492. The third kappa shape index (κ3) is 3.99. The maximum atomic E-state index is 13.2. The van der Waals surface area contributed by atoms with Gasteiger partial charge in [-0.25, -0.2) is 8.42 Å². The van der Waals surface area contributed by atoms with Crippen LogP contribution < -0.4 is 0 Å². The number of carbonyl (C=O) groups is 3. The number of allylic oxidation sites excluding steroid dienone is 2. The van der Waals surface area contributed by atoms with Crippen LogP contribution in [0.5, 0.6) is 0 Å². The summed E-state index contributed by atoms with van der Waals surface area (Å²) < 4.78 is 24.0. The lowest BCUT2D eigenvalue weighted by Crippen LogP contribution is -2.47. The van der Waals surface area contributed by atoms with Gasteiger partial charge >= 0.3 is 0 Å². The number of rotatable bonds is 5. The van der Waals surface area contributed by atoms with Gasteiger partial charge in [-0.3, -0.25) is 19.3 Å². The SMILES string of the molecule is O=C1[C@H]2CC=CC[C@H]2C(=O)N1CC(=O)N(Cc1ccccc1)[C@H]1CCS(=O)(=O)C1. The van der Waals surface area contributed by atoms with Crippen LogP contribution in [0.2, 0.25) is 0 Å². The average Bonchev–Trinajstić information content (AvgIpc) is 3.19. The van der Waals surface area contributed by atoms with Gasteiger partial charge in [0.15, 0.2) is 9.84 Å². The number of imide groups is 1. The first kappa shape index (κ1) is 19.8. The van der Waals surface area contributed by atoms with E-state index in [1.165, 1.54) is 4.90 Å². The summed E-state index contributed by atoms with van der Waals surface area (Å²) in [6.07, 6.45) is 5.23. The molecule has 0 radical (unpaired) electrons. The molecule has 3 atom stereocenters. The number of carbonyl (C=O) groups excluding carboxylic acids is 3. The van der Waals surface area contributed by atoms with E-state index in [1.54, 1.807) is 0 Å². The van der Waals surface area contributed by atoms with Crippen molar-refractivity contribution in [1.29, 1.82) is 0 Å². The summed E-state index contributed by atoms with van der Waals surface area (Å²) in [5.74, 6) is -1.77. The van der Waals surface area contributed by atoms with Crippen LogP contribution in [0.25, 0.3) is 0 Å². The van der Waals surface area contributed by atoms with Crippen molar-refractivity contribution in [2.45, 2.75) is 31.8 Å². The van der Waals surface area contributed by atoms with Crippen LogP contribution in [-0.2, 0) is 30.8 Å². The maximum absolute atomic E-state index is 13.2. The monoisotopic (exact) mass is 416 g/mol. The molecule has 0 spiro atoms. The van der Waals surface area contributed by atoms with Gasteiger partial charge in [0.1, 0.15) is 6.54 Å². The minimum Gasteiger partial charge on any atom is -0.333 e. The first-order valence-corrected chi connectivity index (χ1v) is 11.7. The van der Waals surface area contributed by atoms with Crippen molar-refractivity contribution in [1.82, 2.24) is 9.80 Å². The highest BCUT2D eigenvalue weighted by molar-refractivity contribution is 7.91. The highest BCUT2D eigenvalue weighted by atomic mass is 32.2. The number of nitrogens with zero attached hydrogens (tertiary/aromatic N) is 2. The fourth-order valence-electron chi connectivity index (χ4n) is 4.47. The summed E-state index contributed by atoms with van der Waals surface area (Å²) in [5, 5.41) is 0. The van der Waals surface area contributed by atoms with Gasteiger partial charge in [0.2, 0.25) is 17.7 Å². The molecule has 0 saturated carbocycles. The van der Waals surface area contributed by atoms with Crippen molar-refractivity contribution in [2.75, 3.05) is 18.1 Å². The zero-order valence-electron chi connectivity index (χ0n) is 16.1. The maximum Gasteiger partial charge on any atom is 0.243 e. The van der Waals surface area contributed by atoms with Gasteiger partial charge in [0.25, 0.3) is 0 Å². The van der Waals surface area contributed by atoms with Gasteiger partial charge in [-0.05, 0) is 24.8 Å². The zero-order chi connectivity index (χ0) is 20.6. The van der Waals surface area contributed by atoms with Gasteiger partial charge in [-0.15, -0.1) is 0 Å². The van der Waals surface area contributed by atoms with Crippen LogP contribution in [0.1, 0.15) is 24.8 Å². The third-order valence-electron chi connectivity index (χ3n) is 6.06. The number of benzene rings is 1. The second-order valence-electron chi connectivity index (χ2n) is 7.98. The Labute approximate surface area is 170 Å². The molecule has 3 amide bonds. The lowest BCUT2D eigenvalue weighted by molar-refractivity contribution is -0.147. The lowest BCUT2D eigenvalue weighted by atomic mass is 9.85. The van der Waals surface area contributed by atoms with Crippen molar-refractivity contribution >= 4 is 27.6 Å². The van der Waals surface area contributed by atoms with Crippen molar-refractivity contribution in [3.05, 3.63) is 48.0 Å². The summed E-state index contributed by atoms with van der Waals surface area (Å²) in [6, 6.07) is 8.88. The number of likely N-dealkylation sites (tertiary alicyclic amines) is 1. The Morgan fingerprint density at radius 3 is 2.21 bits per heavy atom. The molecule has 2 aliphatic heterocycles. The molecular formula is C21H24N2O5S. The van der Waals surface area contributed by atoms with Gasteiger partial charge in [0.05, 0.1) is 23.3 Å². The molecule has 0 N–H and O–H groups in total. The van der Waals surface area contributed by atoms with E-state index >= 15 is 0 Å². The molecule has 0 bridgehead atoms. The molecule has 1 aliphatic carbocycles. The molecule has 154 valence electrons. The molecule has 4 rings (SSSR count). The summed E-state index contributed by atoms with van der Waals surface area (Å²) in [4.78, 5) is 41.2. The van der Waals surface area contributed by atoms with Crippen LogP contribution in [0, 0.1) is 11.8 Å². The van der Waals surface area contributed by atoms with Crippen molar-refractivity contribution in [3.8, 4) is 0 Å². The number of hydrogen-bond donors (Lipinski definition) is 0. The Morgan fingerprint density at radius 1 is 1.03 bits per heavy atom. The van der Waals surface area contributed by atoms with E-state index in [0.29, 0.717) is 19.3 Å². The van der Waals surface area contributed by atoms with Crippen molar-refractivity contribution < 1.29 is 22.8 Å². The molecule has 2 heterocycles. The first-order valence-electron chi connectivity index (χ1n) is 9.90. The summed E-state index contributed by atoms with van der Waals surface area (Å²) in [7, 11) is -3.18. The molecule has 1 aromatic rings. The van der Waals surface area contributed by atoms with E-state index in [0.717, 1.165) is 10.5 Å². The number of fused-ring (bicyclic) bond motifs is 1. The van der Waals surface area contributed by atoms with E-state index in [2.05, 4.69) is 0 Å². The highest BCUT2D eigenvalue weighted by Gasteiger charge is 2.48. The van der Waals surface area contributed by atoms with Crippen LogP contribution in [-0.4, -0.2) is 60.0 Å². The Bertz CT molecular complexity index is 931. The van der Waals surface area contributed by atoms with E-state index in [1.807, 2.05) is 42.5 Å². The lowest BCUT2D eigenvalue weighted by Gasteiger charge is -2.30. The Kier molecular flexibility index (Phi) is 5.29. The largest absolute Gasteiger partial charge is 0.333 e. The molecule has 1 aromatic carbocycles. The van der Waals surface area contributed by atoms with E-state index in [-0.39, 0.29) is 54.2 Å². The molecular weight excluding hydrogens is 392 g/mol. The fourth-order valence-corrected chi connectivity index (χ4v) is 6.20. The van der Waals surface area contributed by atoms with Gasteiger partial charge < -0.3 is 4.90 Å². The number of amides is 3. The first-order chi connectivity index (χ1) is 13.9. The quantitative estimate of drug-likeness (QED) is 0.530. The fraction of sp³-hybridized carbons (Fsp3) is 0.476. The number of hydrogen-bond acceptors (Lipinski definition) is 5. The Morgan fingerprint density at radius 2 is 1.66 bits per heavy atom. The molecule has 8 heteroatoms. The molecule has 29 heavy (non-hydrogen) atoms. The van der Waals surface area contributed by atoms with Crippen LogP contribution in [0.4, 0.5) is 0 Å². The predicted octanol–water partition coefficient (Wildman–Crippen LogP) is 1.15. The molecule has 7 nitrogen and oxygen atoms in total. The normalized spacial score (nSPS) is 27.9. The van der Waals surface area contributed by atoms with Gasteiger partial charge in [-0.2, -0.15) is 0 Å². The Hall–Kier alpha value is -2.48. The highest BCUT2D eigenvalue weighted by Crippen LogP contribution is 2.35. The predicted molar refractivity (Wildman–Crippen MR) is 106 cm³/mol. The van der Waals surface area contributed by atoms with Gasteiger partial charge in [-0.1, -0.05) is 42.5 Å². The van der Waals surface area contributed by atoms with Crippen molar-refractivity contribution in [2.24, 2.45) is 11.8 Å². The second kappa shape index (κ2) is 7.74. The molecule has 0 unspecified atom stereocenters. The van der Waals surface area contributed by atoms with Crippen LogP contribution >= 0.6 is 0 Å².